The molecule has 0 heterocycles. The Kier molecular flexibility index (Phi) is 10.8. The van der Waals surface area contributed by atoms with Crippen molar-refractivity contribution in [2.45, 2.75) is 85.1 Å². The molecule has 0 spiro atoms. The fourth-order valence-corrected chi connectivity index (χ4v) is 2.37. The molecule has 0 saturated carbocycles. The van der Waals surface area contributed by atoms with Crippen molar-refractivity contribution in [3.63, 3.8) is 0 Å². The molecule has 4 heteroatoms. The van der Waals surface area contributed by atoms with Crippen LogP contribution < -0.4 is 5.32 Å². The van der Waals surface area contributed by atoms with Gasteiger partial charge >= 0.3 is 0 Å². The Morgan fingerprint density at radius 3 is 2.14 bits per heavy atom. The van der Waals surface area contributed by atoms with Crippen molar-refractivity contribution in [3.05, 3.63) is 0 Å². The zero-order valence-corrected chi connectivity index (χ0v) is 14.0. The van der Waals surface area contributed by atoms with E-state index in [1.165, 1.54) is 0 Å². The largest absolute Gasteiger partial charge is 0.353 e. The Balaban J connectivity index is 4.18. The van der Waals surface area contributed by atoms with E-state index >= 15 is 0 Å². The molecular formula is C17H31NO3. The summed E-state index contributed by atoms with van der Waals surface area (Å²) < 4.78 is 0. The minimum atomic E-state index is -0.0402. The van der Waals surface area contributed by atoms with Gasteiger partial charge in [0.05, 0.1) is 0 Å². The fourth-order valence-electron chi connectivity index (χ4n) is 2.37. The monoisotopic (exact) mass is 297 g/mol. The molecule has 122 valence electrons. The molecule has 0 bridgehead atoms. The van der Waals surface area contributed by atoms with E-state index in [1.807, 2.05) is 6.92 Å². The van der Waals surface area contributed by atoms with Crippen molar-refractivity contribution < 1.29 is 14.4 Å². The summed E-state index contributed by atoms with van der Waals surface area (Å²) in [6, 6.07) is -0.0402. The van der Waals surface area contributed by atoms with E-state index in [0.717, 1.165) is 32.1 Å². The van der Waals surface area contributed by atoms with Gasteiger partial charge in [0.15, 0.2) is 0 Å². The van der Waals surface area contributed by atoms with Crippen LogP contribution in [0.2, 0.25) is 0 Å². The highest BCUT2D eigenvalue weighted by Crippen LogP contribution is 2.12. The van der Waals surface area contributed by atoms with Crippen LogP contribution in [0.25, 0.3) is 0 Å². The first-order chi connectivity index (χ1) is 9.85. The van der Waals surface area contributed by atoms with Crippen molar-refractivity contribution in [2.75, 3.05) is 0 Å². The average Bonchev–Trinajstić information content (AvgIpc) is 2.35. The molecule has 0 rings (SSSR count). The third-order valence-electron chi connectivity index (χ3n) is 3.58. The van der Waals surface area contributed by atoms with Crippen LogP contribution in [-0.2, 0) is 14.4 Å². The average molecular weight is 297 g/mol. The second-order valence-electron chi connectivity index (χ2n) is 6.22. The minimum absolute atomic E-state index is 0.00574. The van der Waals surface area contributed by atoms with Crippen molar-refractivity contribution in [1.82, 2.24) is 5.32 Å². The highest BCUT2D eigenvalue weighted by Gasteiger charge is 2.16. The van der Waals surface area contributed by atoms with Crippen LogP contribution >= 0.6 is 0 Å². The summed E-state index contributed by atoms with van der Waals surface area (Å²) in [6.07, 6.45) is 6.27. The van der Waals surface area contributed by atoms with Gasteiger partial charge in [0.2, 0.25) is 5.91 Å². The SMILES string of the molecule is CCCCCC(CC(C)=O)NC(=O)CC(C)CCC(C)=O. The Hall–Kier alpha value is -1.19. The highest BCUT2D eigenvalue weighted by atomic mass is 16.2. The lowest BCUT2D eigenvalue weighted by molar-refractivity contribution is -0.124. The number of hydrogen-bond acceptors (Lipinski definition) is 3. The predicted octanol–water partition coefficient (Wildman–Crippen LogP) is 3.43. The summed E-state index contributed by atoms with van der Waals surface area (Å²) >= 11 is 0. The normalized spacial score (nSPS) is 13.5. The highest BCUT2D eigenvalue weighted by molar-refractivity contribution is 5.79. The molecule has 2 unspecified atom stereocenters. The molecule has 1 N–H and O–H groups in total. The second-order valence-corrected chi connectivity index (χ2v) is 6.22. The van der Waals surface area contributed by atoms with Gasteiger partial charge in [-0.1, -0.05) is 33.1 Å². The Labute approximate surface area is 129 Å². The van der Waals surface area contributed by atoms with E-state index in [1.54, 1.807) is 13.8 Å². The number of carbonyl (C=O) groups excluding carboxylic acids is 3. The van der Waals surface area contributed by atoms with Crippen molar-refractivity contribution in [2.24, 2.45) is 5.92 Å². The van der Waals surface area contributed by atoms with Crippen LogP contribution in [0, 0.1) is 5.92 Å². The first kappa shape index (κ1) is 19.8. The number of nitrogens with one attached hydrogen (secondary N) is 1. The smallest absolute Gasteiger partial charge is 0.220 e. The molecular weight excluding hydrogens is 266 g/mol. The summed E-state index contributed by atoms with van der Waals surface area (Å²) in [5, 5.41) is 2.98. The lowest BCUT2D eigenvalue weighted by Gasteiger charge is -2.19. The van der Waals surface area contributed by atoms with E-state index in [0.29, 0.717) is 19.3 Å². The number of amides is 1. The molecule has 0 aromatic rings. The summed E-state index contributed by atoms with van der Waals surface area (Å²) in [6.45, 7) is 7.26. The Bertz CT molecular complexity index is 339. The lowest BCUT2D eigenvalue weighted by Crippen LogP contribution is -2.36. The van der Waals surface area contributed by atoms with Crippen LogP contribution in [0.4, 0.5) is 0 Å². The van der Waals surface area contributed by atoms with E-state index in [9.17, 15) is 14.4 Å². The molecule has 0 fully saturated rings. The maximum Gasteiger partial charge on any atom is 0.220 e. The third-order valence-corrected chi connectivity index (χ3v) is 3.58. The predicted molar refractivity (Wildman–Crippen MR) is 85.1 cm³/mol. The number of rotatable bonds is 12. The zero-order valence-electron chi connectivity index (χ0n) is 14.0. The van der Waals surface area contributed by atoms with E-state index in [4.69, 9.17) is 0 Å². The van der Waals surface area contributed by atoms with E-state index in [2.05, 4.69) is 12.2 Å². The molecule has 0 aliphatic rings. The van der Waals surface area contributed by atoms with Gasteiger partial charge in [-0.05, 0) is 32.6 Å². The van der Waals surface area contributed by atoms with Gasteiger partial charge in [-0.25, -0.2) is 0 Å². The van der Waals surface area contributed by atoms with Gasteiger partial charge in [0.25, 0.3) is 0 Å². The lowest BCUT2D eigenvalue weighted by atomic mass is 9.99. The minimum Gasteiger partial charge on any atom is -0.353 e. The summed E-state index contributed by atoms with van der Waals surface area (Å²) in [5.41, 5.74) is 0. The van der Waals surface area contributed by atoms with Gasteiger partial charge in [-0.2, -0.15) is 0 Å². The van der Waals surface area contributed by atoms with Crippen molar-refractivity contribution in [1.29, 1.82) is 0 Å². The quantitative estimate of drug-likeness (QED) is 0.561. The maximum atomic E-state index is 12.0. The van der Waals surface area contributed by atoms with Gasteiger partial charge in [0.1, 0.15) is 11.6 Å². The van der Waals surface area contributed by atoms with Gasteiger partial charge in [0, 0.05) is 25.3 Å². The summed E-state index contributed by atoms with van der Waals surface area (Å²) in [4.78, 5) is 34.2. The number of unbranched alkanes of at least 4 members (excludes halogenated alkanes) is 2. The Morgan fingerprint density at radius 1 is 0.952 bits per heavy atom. The topological polar surface area (TPSA) is 63.2 Å². The first-order valence-corrected chi connectivity index (χ1v) is 8.13. The molecule has 0 aliphatic heterocycles. The molecule has 21 heavy (non-hydrogen) atoms. The standard InChI is InChI=1S/C17H31NO3/c1-5-6-7-8-16(12-15(4)20)18-17(21)11-13(2)9-10-14(3)19/h13,16H,5-12H2,1-4H3,(H,18,21). The molecule has 0 saturated heterocycles. The van der Waals surface area contributed by atoms with Crippen LogP contribution in [0.3, 0.4) is 0 Å². The molecule has 1 amide bonds. The zero-order chi connectivity index (χ0) is 16.3. The number of hydrogen-bond donors (Lipinski definition) is 1. The van der Waals surface area contributed by atoms with Gasteiger partial charge in [-0.15, -0.1) is 0 Å². The van der Waals surface area contributed by atoms with Gasteiger partial charge in [-0.3, -0.25) is 9.59 Å². The number of ketones is 2. The molecule has 0 aromatic heterocycles. The van der Waals surface area contributed by atoms with Crippen LogP contribution in [0.1, 0.15) is 79.1 Å². The van der Waals surface area contributed by atoms with Crippen molar-refractivity contribution in [3.8, 4) is 0 Å². The Morgan fingerprint density at radius 2 is 1.62 bits per heavy atom. The van der Waals surface area contributed by atoms with Crippen LogP contribution in [0.5, 0.6) is 0 Å². The van der Waals surface area contributed by atoms with E-state index in [-0.39, 0.29) is 29.4 Å². The second kappa shape index (κ2) is 11.5. The maximum absolute atomic E-state index is 12.0. The molecule has 0 aromatic carbocycles. The fraction of sp³-hybridized carbons (Fsp3) is 0.824. The molecule has 2 atom stereocenters. The first-order valence-electron chi connectivity index (χ1n) is 8.13. The van der Waals surface area contributed by atoms with Gasteiger partial charge < -0.3 is 10.1 Å². The molecule has 0 aliphatic carbocycles. The molecule has 4 nitrogen and oxygen atoms in total. The van der Waals surface area contributed by atoms with Crippen molar-refractivity contribution >= 4 is 17.5 Å². The van der Waals surface area contributed by atoms with Crippen LogP contribution in [-0.4, -0.2) is 23.5 Å². The summed E-state index contributed by atoms with van der Waals surface area (Å²) in [7, 11) is 0. The number of Topliss-reactive ketones (excluding diaryl/α,β-unsaturated/α-hetero) is 2. The summed E-state index contributed by atoms with van der Waals surface area (Å²) in [5.74, 6) is 0.467. The third kappa shape index (κ3) is 12.3. The number of carbonyl (C=O) groups is 3. The van der Waals surface area contributed by atoms with Crippen LogP contribution in [0.15, 0.2) is 0 Å². The van der Waals surface area contributed by atoms with E-state index < -0.39 is 0 Å². The molecule has 0 radical (unpaired) electrons.